The first-order chi connectivity index (χ1) is 10.4. The summed E-state index contributed by atoms with van der Waals surface area (Å²) in [7, 11) is 0. The van der Waals surface area contributed by atoms with Crippen molar-refractivity contribution in [1.82, 2.24) is 0 Å². The Hall–Kier alpha value is -2.63. The molecule has 2 aromatic carbocycles. The first kappa shape index (κ1) is 15.8. The molecule has 3 nitrogen and oxygen atoms in total. The number of hydrogen-bond donors (Lipinski definition) is 0. The zero-order valence-electron chi connectivity index (χ0n) is 11.7. The molecule has 0 atom stereocenters. The molecular formula is C16H13F3N2O. The molecule has 2 rings (SSSR count). The number of alkyl halides is 3. The molecule has 0 saturated heterocycles. The van der Waals surface area contributed by atoms with E-state index in [4.69, 9.17) is 0 Å². The molecule has 114 valence electrons. The fourth-order valence-electron chi connectivity index (χ4n) is 1.61. The summed E-state index contributed by atoms with van der Waals surface area (Å²) in [5.41, 5.74) is 2.69. The quantitative estimate of drug-likeness (QED) is 0.611. The van der Waals surface area contributed by atoms with Crippen LogP contribution in [-0.4, -0.2) is 18.8 Å². The fourth-order valence-corrected chi connectivity index (χ4v) is 1.61. The van der Waals surface area contributed by atoms with Crippen molar-refractivity contribution >= 4 is 12.4 Å². The number of aryl methyl sites for hydroxylation is 1. The minimum atomic E-state index is -4.69. The largest absolute Gasteiger partial charge is 0.573 e. The zero-order chi connectivity index (χ0) is 16.0. The van der Waals surface area contributed by atoms with Crippen molar-refractivity contribution in [2.75, 3.05) is 0 Å². The lowest BCUT2D eigenvalue weighted by atomic mass is 10.2. The minimum Gasteiger partial charge on any atom is -0.406 e. The lowest BCUT2D eigenvalue weighted by molar-refractivity contribution is -0.274. The van der Waals surface area contributed by atoms with Crippen molar-refractivity contribution in [3.8, 4) is 5.75 Å². The molecule has 0 aliphatic rings. The van der Waals surface area contributed by atoms with E-state index in [1.165, 1.54) is 30.5 Å². The SMILES string of the molecule is Cc1ccc(/C=N/N=C/c2ccc(OC(F)(F)F)cc2)cc1. The third-order valence-electron chi connectivity index (χ3n) is 2.67. The van der Waals surface area contributed by atoms with E-state index in [0.29, 0.717) is 5.56 Å². The smallest absolute Gasteiger partial charge is 0.406 e. The van der Waals surface area contributed by atoms with Gasteiger partial charge in [0.2, 0.25) is 0 Å². The highest BCUT2D eigenvalue weighted by Gasteiger charge is 2.30. The Morgan fingerprint density at radius 3 is 1.73 bits per heavy atom. The van der Waals surface area contributed by atoms with Crippen LogP contribution < -0.4 is 4.74 Å². The van der Waals surface area contributed by atoms with Crippen molar-refractivity contribution in [3.63, 3.8) is 0 Å². The Morgan fingerprint density at radius 2 is 1.27 bits per heavy atom. The fraction of sp³-hybridized carbons (Fsp3) is 0.125. The van der Waals surface area contributed by atoms with Crippen molar-refractivity contribution in [2.45, 2.75) is 13.3 Å². The van der Waals surface area contributed by atoms with Crippen molar-refractivity contribution in [2.24, 2.45) is 10.2 Å². The van der Waals surface area contributed by atoms with Crippen LogP contribution in [0.5, 0.6) is 5.75 Å². The van der Waals surface area contributed by atoms with Crippen LogP contribution in [0.25, 0.3) is 0 Å². The molecule has 0 saturated carbocycles. The Bertz CT molecular complexity index is 659. The summed E-state index contributed by atoms with van der Waals surface area (Å²) in [4.78, 5) is 0. The second kappa shape index (κ2) is 6.89. The number of halogens is 3. The number of nitrogens with zero attached hydrogens (tertiary/aromatic N) is 2. The van der Waals surface area contributed by atoms with E-state index in [2.05, 4.69) is 14.9 Å². The monoisotopic (exact) mass is 306 g/mol. The van der Waals surface area contributed by atoms with Gasteiger partial charge in [-0.1, -0.05) is 29.8 Å². The summed E-state index contributed by atoms with van der Waals surface area (Å²) >= 11 is 0. The molecule has 0 unspecified atom stereocenters. The van der Waals surface area contributed by atoms with Crippen LogP contribution in [0.2, 0.25) is 0 Å². The van der Waals surface area contributed by atoms with E-state index in [1.54, 1.807) is 6.21 Å². The number of benzene rings is 2. The maximum Gasteiger partial charge on any atom is 0.573 e. The number of rotatable bonds is 4. The second-order valence-electron chi connectivity index (χ2n) is 4.52. The number of ether oxygens (including phenoxy) is 1. The molecule has 0 fully saturated rings. The first-order valence-corrected chi connectivity index (χ1v) is 6.41. The summed E-state index contributed by atoms with van der Waals surface area (Å²) in [6.07, 6.45) is -1.65. The molecule has 0 heterocycles. The third-order valence-corrected chi connectivity index (χ3v) is 2.67. The van der Waals surface area contributed by atoms with Gasteiger partial charge in [-0.05, 0) is 42.3 Å². The molecule has 0 spiro atoms. The summed E-state index contributed by atoms with van der Waals surface area (Å²) in [6.45, 7) is 1.99. The summed E-state index contributed by atoms with van der Waals surface area (Å²) in [5, 5.41) is 7.73. The van der Waals surface area contributed by atoms with Gasteiger partial charge in [0, 0.05) is 0 Å². The van der Waals surface area contributed by atoms with Gasteiger partial charge in [-0.25, -0.2) is 0 Å². The van der Waals surface area contributed by atoms with Gasteiger partial charge in [-0.3, -0.25) is 0 Å². The van der Waals surface area contributed by atoms with Gasteiger partial charge in [0.25, 0.3) is 0 Å². The van der Waals surface area contributed by atoms with Crippen LogP contribution in [0.1, 0.15) is 16.7 Å². The van der Waals surface area contributed by atoms with Gasteiger partial charge in [0.15, 0.2) is 0 Å². The molecule has 0 aliphatic carbocycles. The Kier molecular flexibility index (Phi) is 4.93. The van der Waals surface area contributed by atoms with E-state index in [1.807, 2.05) is 31.2 Å². The molecule has 0 radical (unpaired) electrons. The maximum absolute atomic E-state index is 12.0. The van der Waals surface area contributed by atoms with Crippen LogP contribution in [0.15, 0.2) is 58.7 Å². The van der Waals surface area contributed by atoms with Crippen molar-refractivity contribution in [1.29, 1.82) is 0 Å². The number of hydrogen-bond acceptors (Lipinski definition) is 3. The highest BCUT2D eigenvalue weighted by Crippen LogP contribution is 2.22. The summed E-state index contributed by atoms with van der Waals surface area (Å²) < 4.78 is 39.8. The van der Waals surface area contributed by atoms with Gasteiger partial charge in [0.05, 0.1) is 12.4 Å². The second-order valence-corrected chi connectivity index (χ2v) is 4.52. The van der Waals surface area contributed by atoms with Gasteiger partial charge in [-0.2, -0.15) is 10.2 Å². The van der Waals surface area contributed by atoms with E-state index < -0.39 is 6.36 Å². The van der Waals surface area contributed by atoms with E-state index in [0.717, 1.165) is 11.1 Å². The molecule has 0 bridgehead atoms. The van der Waals surface area contributed by atoms with E-state index in [-0.39, 0.29) is 5.75 Å². The van der Waals surface area contributed by atoms with Crippen molar-refractivity contribution in [3.05, 3.63) is 65.2 Å². The van der Waals surface area contributed by atoms with Crippen LogP contribution in [0.3, 0.4) is 0 Å². The summed E-state index contributed by atoms with van der Waals surface area (Å²) in [6, 6.07) is 13.1. The standard InChI is InChI=1S/C16H13F3N2O/c1-12-2-4-13(5-3-12)10-20-21-11-14-6-8-15(9-7-14)22-16(17,18)19/h2-11H,1H3/b20-10+,21-11+. The maximum atomic E-state index is 12.0. The lowest BCUT2D eigenvalue weighted by Gasteiger charge is -2.08. The molecule has 0 aromatic heterocycles. The minimum absolute atomic E-state index is 0.271. The predicted molar refractivity (Wildman–Crippen MR) is 79.5 cm³/mol. The molecule has 2 aromatic rings. The Balaban J connectivity index is 1.94. The van der Waals surface area contributed by atoms with Crippen LogP contribution in [-0.2, 0) is 0 Å². The van der Waals surface area contributed by atoms with Gasteiger partial charge >= 0.3 is 6.36 Å². The molecular weight excluding hydrogens is 293 g/mol. The first-order valence-electron chi connectivity index (χ1n) is 6.41. The lowest BCUT2D eigenvalue weighted by Crippen LogP contribution is -2.16. The molecule has 0 aliphatic heterocycles. The van der Waals surface area contributed by atoms with Crippen LogP contribution in [0.4, 0.5) is 13.2 Å². The molecule has 6 heteroatoms. The predicted octanol–water partition coefficient (Wildman–Crippen LogP) is 4.35. The summed E-state index contributed by atoms with van der Waals surface area (Å²) in [5.74, 6) is -0.271. The third kappa shape index (κ3) is 5.40. The van der Waals surface area contributed by atoms with Gasteiger partial charge < -0.3 is 4.74 Å². The Labute approximate surface area is 125 Å². The van der Waals surface area contributed by atoms with Crippen LogP contribution >= 0.6 is 0 Å². The van der Waals surface area contributed by atoms with Gasteiger partial charge in [-0.15, -0.1) is 13.2 Å². The Morgan fingerprint density at radius 1 is 0.818 bits per heavy atom. The highest BCUT2D eigenvalue weighted by atomic mass is 19.4. The van der Waals surface area contributed by atoms with Crippen LogP contribution in [0, 0.1) is 6.92 Å². The molecule has 0 N–H and O–H groups in total. The van der Waals surface area contributed by atoms with Crippen molar-refractivity contribution < 1.29 is 17.9 Å². The topological polar surface area (TPSA) is 34.0 Å². The average Bonchev–Trinajstić information content (AvgIpc) is 2.45. The zero-order valence-corrected chi connectivity index (χ0v) is 11.7. The van der Waals surface area contributed by atoms with E-state index >= 15 is 0 Å². The average molecular weight is 306 g/mol. The highest BCUT2D eigenvalue weighted by molar-refractivity contribution is 5.82. The van der Waals surface area contributed by atoms with Gasteiger partial charge in [0.1, 0.15) is 5.75 Å². The van der Waals surface area contributed by atoms with E-state index in [9.17, 15) is 13.2 Å². The normalized spacial score (nSPS) is 12.2. The molecule has 0 amide bonds. The molecule has 22 heavy (non-hydrogen) atoms.